The molecule has 0 bridgehead atoms. The zero-order chi connectivity index (χ0) is 12.5. The average molecular weight is 284 g/mol. The molecule has 0 spiro atoms. The second kappa shape index (κ2) is 5.67. The van der Waals surface area contributed by atoms with Crippen molar-refractivity contribution >= 4 is 12.4 Å². The third-order valence-electron chi connectivity index (χ3n) is 2.45. The highest BCUT2D eigenvalue weighted by Gasteiger charge is 2.32. The van der Waals surface area contributed by atoms with Gasteiger partial charge in [0, 0.05) is 11.6 Å². The predicted molar refractivity (Wildman–Crippen MR) is 62.3 cm³/mol. The van der Waals surface area contributed by atoms with Crippen molar-refractivity contribution in [2.75, 3.05) is 13.2 Å². The summed E-state index contributed by atoms with van der Waals surface area (Å²) in [7, 11) is 0. The highest BCUT2D eigenvalue weighted by Crippen LogP contribution is 2.39. The Hall–Kier alpha value is -1.14. The molecule has 0 aliphatic carbocycles. The van der Waals surface area contributed by atoms with Crippen molar-refractivity contribution in [1.29, 1.82) is 0 Å². The molecule has 1 aliphatic rings. The predicted octanol–water partition coefficient (Wildman–Crippen LogP) is 2.83. The van der Waals surface area contributed by atoms with Crippen LogP contribution in [-0.2, 0) is 0 Å². The Bertz CT molecular complexity index is 412. The zero-order valence-electron chi connectivity index (χ0n) is 9.37. The Labute approximate surface area is 108 Å². The van der Waals surface area contributed by atoms with Gasteiger partial charge in [-0.1, -0.05) is 12.1 Å². The van der Waals surface area contributed by atoms with Gasteiger partial charge in [-0.05, 0) is 6.07 Å². The number of fused-ring (bicyclic) bond motifs is 1. The molecule has 2 rings (SSSR count). The van der Waals surface area contributed by atoms with Crippen LogP contribution < -0.4 is 15.2 Å². The molecule has 0 unspecified atom stereocenters. The van der Waals surface area contributed by atoms with Crippen molar-refractivity contribution < 1.29 is 22.6 Å². The van der Waals surface area contributed by atoms with E-state index in [-0.39, 0.29) is 12.4 Å². The van der Waals surface area contributed by atoms with E-state index in [0.717, 1.165) is 0 Å². The maximum atomic E-state index is 12.3. The first-order valence-corrected chi connectivity index (χ1v) is 5.18. The smallest absolute Gasteiger partial charge is 0.390 e. The molecule has 0 fully saturated rings. The van der Waals surface area contributed by atoms with Crippen molar-refractivity contribution in [3.8, 4) is 11.5 Å². The molecule has 2 N–H and O–H groups in total. The minimum Gasteiger partial charge on any atom is -0.486 e. The first-order chi connectivity index (χ1) is 7.97. The standard InChI is InChI=1S/C11H12F3NO2.ClH/c12-11(13,14)6-8(15)7-2-1-3-9-10(7)17-5-4-16-9;/h1-3,8H,4-6,15H2;1H/t8-;/m1./s1. The summed E-state index contributed by atoms with van der Waals surface area (Å²) in [6.07, 6.45) is -5.37. The van der Waals surface area contributed by atoms with Gasteiger partial charge in [-0.15, -0.1) is 12.4 Å². The molecule has 18 heavy (non-hydrogen) atoms. The van der Waals surface area contributed by atoms with Crippen LogP contribution in [0.25, 0.3) is 0 Å². The van der Waals surface area contributed by atoms with Gasteiger partial charge in [-0.2, -0.15) is 13.2 Å². The summed E-state index contributed by atoms with van der Waals surface area (Å²) >= 11 is 0. The molecule has 1 aromatic carbocycles. The maximum Gasteiger partial charge on any atom is 0.390 e. The molecule has 0 aromatic heterocycles. The van der Waals surface area contributed by atoms with Gasteiger partial charge in [0.05, 0.1) is 6.42 Å². The topological polar surface area (TPSA) is 44.5 Å². The van der Waals surface area contributed by atoms with Crippen molar-refractivity contribution in [3.05, 3.63) is 23.8 Å². The van der Waals surface area contributed by atoms with Crippen LogP contribution in [0.2, 0.25) is 0 Å². The van der Waals surface area contributed by atoms with Gasteiger partial charge < -0.3 is 15.2 Å². The molecule has 1 aromatic rings. The number of nitrogens with two attached hydrogens (primary N) is 1. The molecule has 0 amide bonds. The van der Waals surface area contributed by atoms with Crippen LogP contribution in [0.4, 0.5) is 13.2 Å². The van der Waals surface area contributed by atoms with Crippen molar-refractivity contribution in [2.24, 2.45) is 5.73 Å². The summed E-state index contributed by atoms with van der Waals surface area (Å²) in [6, 6.07) is 3.66. The van der Waals surface area contributed by atoms with Gasteiger partial charge in [0.1, 0.15) is 13.2 Å². The highest BCUT2D eigenvalue weighted by atomic mass is 35.5. The van der Waals surface area contributed by atoms with Crippen molar-refractivity contribution in [2.45, 2.75) is 18.6 Å². The third kappa shape index (κ3) is 3.43. The summed E-state index contributed by atoms with van der Waals surface area (Å²) in [6.45, 7) is 0.716. The number of ether oxygens (including phenoxy) is 2. The molecule has 0 radical (unpaired) electrons. The molecule has 102 valence electrons. The normalized spacial score (nSPS) is 15.8. The van der Waals surface area contributed by atoms with E-state index in [2.05, 4.69) is 0 Å². The number of benzene rings is 1. The molecule has 1 aliphatic heterocycles. The molecule has 7 heteroatoms. The van der Waals surface area contributed by atoms with Gasteiger partial charge in [-0.25, -0.2) is 0 Å². The van der Waals surface area contributed by atoms with Crippen LogP contribution >= 0.6 is 12.4 Å². The largest absolute Gasteiger partial charge is 0.486 e. The zero-order valence-corrected chi connectivity index (χ0v) is 10.2. The molecule has 0 saturated carbocycles. The summed E-state index contributed by atoms with van der Waals surface area (Å²) < 4.78 is 47.4. The monoisotopic (exact) mass is 283 g/mol. The minimum atomic E-state index is -4.29. The number of rotatable bonds is 2. The molecule has 3 nitrogen and oxygen atoms in total. The number of alkyl halides is 3. The molecule has 1 heterocycles. The van der Waals surface area contributed by atoms with Crippen LogP contribution in [0.5, 0.6) is 11.5 Å². The quantitative estimate of drug-likeness (QED) is 0.908. The van der Waals surface area contributed by atoms with E-state index < -0.39 is 18.6 Å². The van der Waals surface area contributed by atoms with E-state index in [4.69, 9.17) is 15.2 Å². The number of hydrogen-bond donors (Lipinski definition) is 1. The van der Waals surface area contributed by atoms with E-state index in [9.17, 15) is 13.2 Å². The lowest BCUT2D eigenvalue weighted by Gasteiger charge is -2.23. The van der Waals surface area contributed by atoms with Crippen molar-refractivity contribution in [1.82, 2.24) is 0 Å². The number of para-hydroxylation sites is 1. The lowest BCUT2D eigenvalue weighted by atomic mass is 10.0. The van der Waals surface area contributed by atoms with Gasteiger partial charge in [0.25, 0.3) is 0 Å². The fraction of sp³-hybridized carbons (Fsp3) is 0.455. The van der Waals surface area contributed by atoms with Crippen LogP contribution in [0.1, 0.15) is 18.0 Å². The number of hydrogen-bond acceptors (Lipinski definition) is 3. The summed E-state index contributed by atoms with van der Waals surface area (Å²) in [4.78, 5) is 0. The first kappa shape index (κ1) is 14.9. The molecule has 0 saturated heterocycles. The summed E-state index contributed by atoms with van der Waals surface area (Å²) in [5, 5.41) is 0. The van der Waals surface area contributed by atoms with Crippen LogP contribution in [0, 0.1) is 0 Å². The van der Waals surface area contributed by atoms with Gasteiger partial charge >= 0.3 is 6.18 Å². The molecular formula is C11H13ClF3NO2. The second-order valence-corrected chi connectivity index (χ2v) is 3.80. The average Bonchev–Trinajstić information content (AvgIpc) is 2.26. The molecule has 1 atom stereocenters. The van der Waals surface area contributed by atoms with E-state index in [1.54, 1.807) is 12.1 Å². The Morgan fingerprint density at radius 3 is 2.56 bits per heavy atom. The van der Waals surface area contributed by atoms with E-state index in [0.29, 0.717) is 30.3 Å². The lowest BCUT2D eigenvalue weighted by Crippen LogP contribution is -2.23. The van der Waals surface area contributed by atoms with Crippen LogP contribution in [0.15, 0.2) is 18.2 Å². The SMILES string of the molecule is Cl.N[C@H](CC(F)(F)F)c1cccc2c1OCCO2. The molecular weight excluding hydrogens is 271 g/mol. The fourth-order valence-electron chi connectivity index (χ4n) is 1.75. The third-order valence-corrected chi connectivity index (χ3v) is 2.45. The first-order valence-electron chi connectivity index (χ1n) is 5.18. The Balaban J connectivity index is 0.00000162. The Morgan fingerprint density at radius 2 is 1.89 bits per heavy atom. The summed E-state index contributed by atoms with van der Waals surface area (Å²) in [5.41, 5.74) is 5.88. The maximum absolute atomic E-state index is 12.3. The van der Waals surface area contributed by atoms with Crippen LogP contribution in [-0.4, -0.2) is 19.4 Å². The summed E-state index contributed by atoms with van der Waals surface area (Å²) in [5.74, 6) is 0.780. The highest BCUT2D eigenvalue weighted by molar-refractivity contribution is 5.85. The van der Waals surface area contributed by atoms with Gasteiger partial charge in [0.2, 0.25) is 0 Å². The van der Waals surface area contributed by atoms with Crippen LogP contribution in [0.3, 0.4) is 0 Å². The fourth-order valence-corrected chi connectivity index (χ4v) is 1.75. The number of halogens is 4. The van der Waals surface area contributed by atoms with E-state index >= 15 is 0 Å². The van der Waals surface area contributed by atoms with Gasteiger partial charge in [0.15, 0.2) is 11.5 Å². The van der Waals surface area contributed by atoms with Gasteiger partial charge in [-0.3, -0.25) is 0 Å². The van der Waals surface area contributed by atoms with Crippen molar-refractivity contribution in [3.63, 3.8) is 0 Å². The second-order valence-electron chi connectivity index (χ2n) is 3.80. The minimum absolute atomic E-state index is 0. The Kier molecular flexibility index (Phi) is 4.70. The van der Waals surface area contributed by atoms with E-state index in [1.807, 2.05) is 0 Å². The lowest BCUT2D eigenvalue weighted by molar-refractivity contribution is -0.138. The van der Waals surface area contributed by atoms with E-state index in [1.165, 1.54) is 6.07 Å². The Morgan fingerprint density at radius 1 is 1.22 bits per heavy atom.